The molecule has 0 heterocycles. The minimum Gasteiger partial charge on any atom is -0.341 e. The van der Waals surface area contributed by atoms with Crippen LogP contribution in [0.3, 0.4) is 0 Å². The number of benzene rings is 2. The first-order chi connectivity index (χ1) is 9.71. The number of nitrogens with two attached hydrogens (primary N) is 1. The van der Waals surface area contributed by atoms with E-state index in [1.54, 1.807) is 11.8 Å². The molecule has 0 unspecified atom stereocenters. The number of hydrogen-bond donors (Lipinski definition) is 1. The molecular formula is C17H22N2S. The molecule has 0 atom stereocenters. The number of hydrogen-bond acceptors (Lipinski definition) is 3. The van der Waals surface area contributed by atoms with Crippen LogP contribution in [0.15, 0.2) is 47.4 Å². The molecule has 2 aromatic rings. The number of aryl methyl sites for hydroxylation is 1. The van der Waals surface area contributed by atoms with Crippen LogP contribution < -0.4 is 10.6 Å². The lowest BCUT2D eigenvalue weighted by atomic mass is 10.1. The third-order valence-corrected chi connectivity index (χ3v) is 4.31. The third-order valence-electron chi connectivity index (χ3n) is 3.49. The van der Waals surface area contributed by atoms with Gasteiger partial charge in [0, 0.05) is 34.9 Å². The summed E-state index contributed by atoms with van der Waals surface area (Å²) in [5.74, 6) is 0. The van der Waals surface area contributed by atoms with E-state index in [9.17, 15) is 0 Å². The van der Waals surface area contributed by atoms with Crippen LogP contribution >= 0.6 is 11.8 Å². The van der Waals surface area contributed by atoms with Gasteiger partial charge in [-0.1, -0.05) is 23.8 Å². The molecule has 0 spiro atoms. The summed E-state index contributed by atoms with van der Waals surface area (Å²) < 4.78 is 0. The fourth-order valence-corrected chi connectivity index (χ4v) is 3.07. The highest BCUT2D eigenvalue weighted by Crippen LogP contribution is 2.33. The minimum atomic E-state index is 0.564. The van der Waals surface area contributed by atoms with E-state index < -0.39 is 0 Å². The zero-order valence-electron chi connectivity index (χ0n) is 12.4. The average Bonchev–Trinajstić information content (AvgIpc) is 2.49. The van der Waals surface area contributed by atoms with Crippen molar-refractivity contribution in [2.24, 2.45) is 5.73 Å². The first-order valence-electron chi connectivity index (χ1n) is 6.91. The van der Waals surface area contributed by atoms with Gasteiger partial charge in [0.05, 0.1) is 0 Å². The first kappa shape index (κ1) is 14.9. The van der Waals surface area contributed by atoms with Gasteiger partial charge in [-0.2, -0.15) is 0 Å². The van der Waals surface area contributed by atoms with Crippen LogP contribution in [0.5, 0.6) is 0 Å². The lowest BCUT2D eigenvalue weighted by molar-refractivity contribution is 0.962. The smallest absolute Gasteiger partial charge is 0.0467 e. The predicted molar refractivity (Wildman–Crippen MR) is 90.0 cm³/mol. The van der Waals surface area contributed by atoms with Crippen molar-refractivity contribution in [3.05, 3.63) is 53.6 Å². The second-order valence-corrected chi connectivity index (χ2v) is 5.59. The van der Waals surface area contributed by atoms with Crippen LogP contribution in [0.1, 0.15) is 18.1 Å². The van der Waals surface area contributed by atoms with Gasteiger partial charge >= 0.3 is 0 Å². The van der Waals surface area contributed by atoms with E-state index in [1.807, 2.05) is 0 Å². The lowest BCUT2D eigenvalue weighted by Gasteiger charge is -2.27. The second kappa shape index (κ2) is 6.82. The van der Waals surface area contributed by atoms with Crippen molar-refractivity contribution >= 4 is 23.1 Å². The van der Waals surface area contributed by atoms with Crippen molar-refractivity contribution in [3.8, 4) is 0 Å². The van der Waals surface area contributed by atoms with E-state index in [0.29, 0.717) is 6.54 Å². The Bertz CT molecular complexity index is 564. The number of rotatable bonds is 5. The largest absolute Gasteiger partial charge is 0.341 e. The molecular weight excluding hydrogens is 264 g/mol. The van der Waals surface area contributed by atoms with Crippen molar-refractivity contribution in [2.45, 2.75) is 25.3 Å². The van der Waals surface area contributed by atoms with Gasteiger partial charge in [0.15, 0.2) is 0 Å². The molecule has 20 heavy (non-hydrogen) atoms. The van der Waals surface area contributed by atoms with Crippen LogP contribution in [-0.4, -0.2) is 12.8 Å². The fraction of sp³-hybridized carbons (Fsp3) is 0.294. The SMILES string of the molecule is CCN(c1ccc(C)cc1)c1cccc(SC)c1CN. The molecule has 3 heteroatoms. The van der Waals surface area contributed by atoms with Gasteiger partial charge in [0.2, 0.25) is 0 Å². The molecule has 0 saturated heterocycles. The zero-order valence-corrected chi connectivity index (χ0v) is 13.2. The monoisotopic (exact) mass is 286 g/mol. The summed E-state index contributed by atoms with van der Waals surface area (Å²) in [5.41, 5.74) is 10.9. The Morgan fingerprint density at radius 2 is 1.80 bits per heavy atom. The molecule has 2 aromatic carbocycles. The Kier molecular flexibility index (Phi) is 5.10. The second-order valence-electron chi connectivity index (χ2n) is 4.74. The standard InChI is InChI=1S/C17H22N2S/c1-4-19(14-10-8-13(2)9-11-14)16-6-5-7-17(20-3)15(16)12-18/h5-11H,4,12,18H2,1-3H3. The molecule has 2 nitrogen and oxygen atoms in total. The Labute approximate surface area is 126 Å². The van der Waals surface area contributed by atoms with Crippen molar-refractivity contribution in [2.75, 3.05) is 17.7 Å². The van der Waals surface area contributed by atoms with E-state index >= 15 is 0 Å². The van der Waals surface area contributed by atoms with E-state index in [-0.39, 0.29) is 0 Å². The predicted octanol–water partition coefficient (Wildman–Crippen LogP) is 4.33. The maximum atomic E-state index is 5.98. The van der Waals surface area contributed by atoms with E-state index in [4.69, 9.17) is 5.73 Å². The molecule has 2 N–H and O–H groups in total. The Hall–Kier alpha value is -1.45. The molecule has 0 aliphatic rings. The van der Waals surface area contributed by atoms with Gasteiger partial charge in [-0.3, -0.25) is 0 Å². The molecule has 2 rings (SSSR count). The summed E-state index contributed by atoms with van der Waals surface area (Å²) in [6.07, 6.45) is 2.10. The maximum Gasteiger partial charge on any atom is 0.0467 e. The summed E-state index contributed by atoms with van der Waals surface area (Å²) in [4.78, 5) is 3.58. The van der Waals surface area contributed by atoms with Crippen molar-refractivity contribution in [3.63, 3.8) is 0 Å². The fourth-order valence-electron chi connectivity index (χ4n) is 2.42. The summed E-state index contributed by atoms with van der Waals surface area (Å²) >= 11 is 1.75. The van der Waals surface area contributed by atoms with Gasteiger partial charge in [0.25, 0.3) is 0 Å². The van der Waals surface area contributed by atoms with Gasteiger partial charge < -0.3 is 10.6 Å². The normalized spacial score (nSPS) is 10.6. The van der Waals surface area contributed by atoms with E-state index in [2.05, 4.69) is 67.5 Å². The Balaban J connectivity index is 2.49. The number of thioether (sulfide) groups is 1. The highest BCUT2D eigenvalue weighted by Gasteiger charge is 2.13. The van der Waals surface area contributed by atoms with Gasteiger partial charge in [-0.25, -0.2) is 0 Å². The highest BCUT2D eigenvalue weighted by molar-refractivity contribution is 7.98. The van der Waals surface area contributed by atoms with Crippen molar-refractivity contribution in [1.82, 2.24) is 0 Å². The maximum absolute atomic E-state index is 5.98. The van der Waals surface area contributed by atoms with Crippen molar-refractivity contribution < 1.29 is 0 Å². The number of anilines is 2. The third kappa shape index (κ3) is 3.00. The zero-order chi connectivity index (χ0) is 14.5. The Morgan fingerprint density at radius 3 is 2.35 bits per heavy atom. The lowest BCUT2D eigenvalue weighted by Crippen LogP contribution is -2.19. The Morgan fingerprint density at radius 1 is 1.10 bits per heavy atom. The topological polar surface area (TPSA) is 29.3 Å². The molecule has 0 aliphatic heterocycles. The summed E-state index contributed by atoms with van der Waals surface area (Å²) in [5, 5.41) is 0. The van der Waals surface area contributed by atoms with Gasteiger partial charge in [0.1, 0.15) is 0 Å². The summed E-state index contributed by atoms with van der Waals surface area (Å²) in [6, 6.07) is 15.1. The number of nitrogens with zero attached hydrogens (tertiary/aromatic N) is 1. The van der Waals surface area contributed by atoms with E-state index in [0.717, 1.165) is 6.54 Å². The molecule has 0 fully saturated rings. The highest BCUT2D eigenvalue weighted by atomic mass is 32.2. The summed E-state index contributed by atoms with van der Waals surface area (Å²) in [7, 11) is 0. The van der Waals surface area contributed by atoms with Crippen molar-refractivity contribution in [1.29, 1.82) is 0 Å². The quantitative estimate of drug-likeness (QED) is 0.829. The first-order valence-corrected chi connectivity index (χ1v) is 8.13. The van der Waals surface area contributed by atoms with Crippen LogP contribution in [0.2, 0.25) is 0 Å². The minimum absolute atomic E-state index is 0.564. The van der Waals surface area contributed by atoms with Gasteiger partial charge in [-0.15, -0.1) is 11.8 Å². The molecule has 0 bridgehead atoms. The van der Waals surface area contributed by atoms with Crippen LogP contribution in [-0.2, 0) is 6.54 Å². The van der Waals surface area contributed by atoms with Gasteiger partial charge in [-0.05, 0) is 44.4 Å². The molecule has 0 aromatic heterocycles. The average molecular weight is 286 g/mol. The molecule has 0 saturated carbocycles. The molecule has 0 amide bonds. The van der Waals surface area contributed by atoms with Crippen LogP contribution in [0.25, 0.3) is 0 Å². The van der Waals surface area contributed by atoms with Crippen LogP contribution in [0.4, 0.5) is 11.4 Å². The van der Waals surface area contributed by atoms with Crippen LogP contribution in [0, 0.1) is 6.92 Å². The molecule has 0 aliphatic carbocycles. The molecule has 0 radical (unpaired) electrons. The summed E-state index contributed by atoms with van der Waals surface area (Å²) in [6.45, 7) is 5.77. The molecule has 106 valence electrons. The van der Waals surface area contributed by atoms with E-state index in [1.165, 1.54) is 27.4 Å².